The van der Waals surface area contributed by atoms with E-state index >= 15 is 0 Å². The summed E-state index contributed by atoms with van der Waals surface area (Å²) in [5.41, 5.74) is 2.42. The van der Waals surface area contributed by atoms with E-state index in [1.54, 1.807) is 18.2 Å². The molecular weight excluding hydrogens is 440 g/mol. The standard InChI is InChI=1S/C25H22N2O5S/c1-2-3-14-33(31,32)26-23(28)19-12-13-21-22(16-19)25(30)27(24(21)29)20-11-7-10-18(15-20)17-8-5-4-6-9-17/h4-13,15-16H,2-3,14H2,1H3,(H,26,28). The molecule has 0 radical (unpaired) electrons. The Morgan fingerprint density at radius 1 is 0.848 bits per heavy atom. The Morgan fingerprint density at radius 2 is 1.55 bits per heavy atom. The van der Waals surface area contributed by atoms with Gasteiger partial charge in [0.2, 0.25) is 10.0 Å². The highest BCUT2D eigenvalue weighted by atomic mass is 32.2. The van der Waals surface area contributed by atoms with Crippen LogP contribution in [0.3, 0.4) is 0 Å². The molecule has 3 aromatic carbocycles. The van der Waals surface area contributed by atoms with E-state index in [1.165, 1.54) is 18.2 Å². The third kappa shape index (κ3) is 4.56. The Labute approximate surface area is 192 Å². The molecule has 33 heavy (non-hydrogen) atoms. The van der Waals surface area contributed by atoms with Gasteiger partial charge < -0.3 is 0 Å². The van der Waals surface area contributed by atoms with E-state index in [0.717, 1.165) is 16.0 Å². The first-order valence-corrected chi connectivity index (χ1v) is 12.2. The number of fused-ring (bicyclic) bond motifs is 1. The minimum Gasteiger partial charge on any atom is -0.268 e. The number of hydrogen-bond donors (Lipinski definition) is 1. The first-order valence-electron chi connectivity index (χ1n) is 10.5. The number of sulfonamides is 1. The molecule has 3 aromatic rings. The molecular formula is C25H22N2O5S. The lowest BCUT2D eigenvalue weighted by molar-refractivity contribution is 0.0924. The van der Waals surface area contributed by atoms with Crippen molar-refractivity contribution in [2.45, 2.75) is 19.8 Å². The summed E-state index contributed by atoms with van der Waals surface area (Å²) in [6, 6.07) is 20.6. The number of anilines is 1. The summed E-state index contributed by atoms with van der Waals surface area (Å²) in [4.78, 5) is 39.6. The van der Waals surface area contributed by atoms with E-state index in [2.05, 4.69) is 0 Å². The number of unbranched alkanes of at least 4 members (excludes halogenated alkanes) is 1. The van der Waals surface area contributed by atoms with E-state index < -0.39 is 27.7 Å². The SMILES string of the molecule is CCCCS(=O)(=O)NC(=O)c1ccc2c(c1)C(=O)N(c1cccc(-c3ccccc3)c1)C2=O. The third-order valence-electron chi connectivity index (χ3n) is 5.38. The summed E-state index contributed by atoms with van der Waals surface area (Å²) >= 11 is 0. The molecule has 0 fully saturated rings. The molecule has 0 saturated carbocycles. The second-order valence-corrected chi connectivity index (χ2v) is 9.57. The normalized spacial score (nSPS) is 13.2. The molecule has 0 unspecified atom stereocenters. The summed E-state index contributed by atoms with van der Waals surface area (Å²) < 4.78 is 26.1. The highest BCUT2D eigenvalue weighted by Gasteiger charge is 2.37. The Kier molecular flexibility index (Phi) is 6.11. The summed E-state index contributed by atoms with van der Waals surface area (Å²) in [5.74, 6) is -2.06. The lowest BCUT2D eigenvalue weighted by Gasteiger charge is -2.15. The highest BCUT2D eigenvalue weighted by molar-refractivity contribution is 7.90. The van der Waals surface area contributed by atoms with Crippen LogP contribution in [0.5, 0.6) is 0 Å². The van der Waals surface area contributed by atoms with E-state index in [0.29, 0.717) is 18.5 Å². The summed E-state index contributed by atoms with van der Waals surface area (Å²) in [6.45, 7) is 1.85. The van der Waals surface area contributed by atoms with E-state index in [-0.39, 0.29) is 22.4 Å². The van der Waals surface area contributed by atoms with E-state index in [1.807, 2.05) is 48.0 Å². The van der Waals surface area contributed by atoms with Crippen molar-refractivity contribution in [3.63, 3.8) is 0 Å². The van der Waals surface area contributed by atoms with Gasteiger partial charge in [-0.1, -0.05) is 55.8 Å². The van der Waals surface area contributed by atoms with Crippen molar-refractivity contribution in [1.29, 1.82) is 0 Å². The fourth-order valence-corrected chi connectivity index (χ4v) is 4.83. The van der Waals surface area contributed by atoms with Crippen molar-refractivity contribution in [3.05, 3.63) is 89.5 Å². The lowest BCUT2D eigenvalue weighted by atomic mass is 10.0. The van der Waals surface area contributed by atoms with Crippen molar-refractivity contribution in [3.8, 4) is 11.1 Å². The van der Waals surface area contributed by atoms with Crippen LogP contribution in [-0.4, -0.2) is 31.9 Å². The van der Waals surface area contributed by atoms with Crippen molar-refractivity contribution < 1.29 is 22.8 Å². The number of nitrogens with one attached hydrogen (secondary N) is 1. The monoisotopic (exact) mass is 462 g/mol. The van der Waals surface area contributed by atoms with Crippen molar-refractivity contribution in [2.75, 3.05) is 10.7 Å². The summed E-state index contributed by atoms with van der Waals surface area (Å²) in [6.07, 6.45) is 1.10. The van der Waals surface area contributed by atoms with Crippen LogP contribution in [0.2, 0.25) is 0 Å². The Morgan fingerprint density at radius 3 is 2.27 bits per heavy atom. The van der Waals surface area contributed by atoms with Gasteiger partial charge in [-0.2, -0.15) is 0 Å². The molecule has 8 heteroatoms. The summed E-state index contributed by atoms with van der Waals surface area (Å²) in [5, 5.41) is 0. The Hall–Kier alpha value is -3.78. The van der Waals surface area contributed by atoms with Crippen molar-refractivity contribution in [2.24, 2.45) is 0 Å². The van der Waals surface area contributed by atoms with E-state index in [9.17, 15) is 22.8 Å². The smallest absolute Gasteiger partial charge is 0.266 e. The molecule has 1 aliphatic heterocycles. The van der Waals surface area contributed by atoms with Crippen LogP contribution in [-0.2, 0) is 10.0 Å². The Balaban J connectivity index is 1.61. The molecule has 0 aromatic heterocycles. The quantitative estimate of drug-likeness (QED) is 0.535. The predicted molar refractivity (Wildman–Crippen MR) is 126 cm³/mol. The van der Waals surface area contributed by atoms with Gasteiger partial charge in [0.1, 0.15) is 0 Å². The molecule has 0 bridgehead atoms. The van der Waals surface area contributed by atoms with Gasteiger partial charge in [0.15, 0.2) is 0 Å². The maximum absolute atomic E-state index is 13.1. The fraction of sp³-hybridized carbons (Fsp3) is 0.160. The number of carbonyl (C=O) groups is 3. The minimum atomic E-state index is -3.78. The van der Waals surface area contributed by atoms with Crippen LogP contribution in [0.1, 0.15) is 50.8 Å². The number of nitrogens with zero attached hydrogens (tertiary/aromatic N) is 1. The fourth-order valence-electron chi connectivity index (χ4n) is 3.66. The van der Waals surface area contributed by atoms with Crippen LogP contribution >= 0.6 is 0 Å². The molecule has 0 atom stereocenters. The highest BCUT2D eigenvalue weighted by Crippen LogP contribution is 2.31. The van der Waals surface area contributed by atoms with Crippen LogP contribution in [0, 0.1) is 0 Å². The van der Waals surface area contributed by atoms with Gasteiger partial charge in [0, 0.05) is 5.56 Å². The third-order valence-corrected chi connectivity index (χ3v) is 6.70. The molecule has 1 N–H and O–H groups in total. The number of imide groups is 1. The van der Waals surface area contributed by atoms with Gasteiger partial charge in [-0.3, -0.25) is 14.4 Å². The van der Waals surface area contributed by atoms with Crippen LogP contribution in [0.25, 0.3) is 11.1 Å². The van der Waals surface area contributed by atoms with Gasteiger partial charge >= 0.3 is 0 Å². The van der Waals surface area contributed by atoms with Gasteiger partial charge in [-0.15, -0.1) is 0 Å². The number of carbonyl (C=O) groups excluding carboxylic acids is 3. The minimum absolute atomic E-state index is 0.00476. The molecule has 168 valence electrons. The number of benzene rings is 3. The zero-order chi connectivity index (χ0) is 23.6. The van der Waals surface area contributed by atoms with Crippen LogP contribution in [0.15, 0.2) is 72.8 Å². The second-order valence-electron chi connectivity index (χ2n) is 7.73. The summed E-state index contributed by atoms with van der Waals surface area (Å²) in [7, 11) is -3.78. The van der Waals surface area contributed by atoms with Crippen molar-refractivity contribution in [1.82, 2.24) is 4.72 Å². The molecule has 4 rings (SSSR count). The van der Waals surface area contributed by atoms with Crippen LogP contribution in [0.4, 0.5) is 5.69 Å². The molecule has 7 nitrogen and oxygen atoms in total. The molecule has 0 aliphatic carbocycles. The molecule has 1 aliphatic rings. The Bertz CT molecular complexity index is 1350. The average Bonchev–Trinajstić information content (AvgIpc) is 3.07. The largest absolute Gasteiger partial charge is 0.268 e. The van der Waals surface area contributed by atoms with Gasteiger partial charge in [-0.05, 0) is 47.9 Å². The zero-order valence-corrected chi connectivity index (χ0v) is 18.8. The van der Waals surface area contributed by atoms with Crippen molar-refractivity contribution >= 4 is 33.4 Å². The van der Waals surface area contributed by atoms with Crippen LogP contribution < -0.4 is 9.62 Å². The maximum atomic E-state index is 13.1. The average molecular weight is 463 g/mol. The van der Waals surface area contributed by atoms with Gasteiger partial charge in [0.25, 0.3) is 17.7 Å². The van der Waals surface area contributed by atoms with Gasteiger partial charge in [0.05, 0.1) is 22.6 Å². The maximum Gasteiger partial charge on any atom is 0.266 e. The lowest BCUT2D eigenvalue weighted by Crippen LogP contribution is -2.32. The topological polar surface area (TPSA) is 101 Å². The molecule has 3 amide bonds. The first kappa shape index (κ1) is 22.4. The number of amides is 3. The van der Waals surface area contributed by atoms with Gasteiger partial charge in [-0.25, -0.2) is 18.0 Å². The molecule has 1 heterocycles. The molecule has 0 spiro atoms. The predicted octanol–water partition coefficient (Wildman–Crippen LogP) is 4.01. The second kappa shape index (κ2) is 8.99. The number of rotatable bonds is 7. The van der Waals surface area contributed by atoms with E-state index in [4.69, 9.17) is 0 Å². The number of hydrogen-bond acceptors (Lipinski definition) is 5. The zero-order valence-electron chi connectivity index (χ0n) is 17.9. The first-order chi connectivity index (χ1) is 15.8. The molecule has 0 saturated heterocycles.